The van der Waals surface area contributed by atoms with E-state index in [0.717, 1.165) is 24.0 Å². The van der Waals surface area contributed by atoms with Crippen LogP contribution in [0.15, 0.2) is 53.9 Å². The van der Waals surface area contributed by atoms with E-state index in [1.54, 1.807) is 0 Å². The Labute approximate surface area is 192 Å². The van der Waals surface area contributed by atoms with E-state index >= 15 is 0 Å². The molecule has 2 aromatic carbocycles. The number of aryl methyl sites for hydroxylation is 1. The van der Waals surface area contributed by atoms with Gasteiger partial charge in [0.25, 0.3) is 5.91 Å². The van der Waals surface area contributed by atoms with Crippen molar-refractivity contribution >= 4 is 22.4 Å². The van der Waals surface area contributed by atoms with E-state index < -0.39 is 0 Å². The average molecular weight is 447 g/mol. The second-order valence-corrected chi connectivity index (χ2v) is 11.2. The van der Waals surface area contributed by atoms with Crippen molar-refractivity contribution in [3.05, 3.63) is 82.1 Å². The van der Waals surface area contributed by atoms with Crippen molar-refractivity contribution in [3.63, 3.8) is 0 Å². The minimum atomic E-state index is -0.345. The lowest BCUT2D eigenvalue weighted by Gasteiger charge is -2.62. The molecule has 4 saturated carbocycles. The Morgan fingerprint density at radius 2 is 1.66 bits per heavy atom. The Hall–Kier alpha value is -2.53. The molecule has 3 nitrogen and oxygen atoms in total. The summed E-state index contributed by atoms with van der Waals surface area (Å²) in [5, 5.41) is 5.72. The zero-order valence-corrected chi connectivity index (χ0v) is 19.1. The van der Waals surface area contributed by atoms with Gasteiger partial charge in [0.05, 0.1) is 5.69 Å². The summed E-state index contributed by atoms with van der Waals surface area (Å²) in [4.78, 5) is 17.5. The average Bonchev–Trinajstić information content (AvgIpc) is 3.23. The Morgan fingerprint density at radius 3 is 2.34 bits per heavy atom. The van der Waals surface area contributed by atoms with Crippen molar-refractivity contribution in [1.82, 2.24) is 4.98 Å². The number of rotatable bonds is 4. The number of halogens is 1. The number of aromatic nitrogens is 1. The summed E-state index contributed by atoms with van der Waals surface area (Å²) in [6.45, 7) is 2.15. The topological polar surface area (TPSA) is 42.0 Å². The van der Waals surface area contributed by atoms with Crippen molar-refractivity contribution in [1.29, 1.82) is 0 Å². The van der Waals surface area contributed by atoms with Gasteiger partial charge in [-0.25, -0.2) is 9.37 Å². The predicted octanol–water partition coefficient (Wildman–Crippen LogP) is 6.63. The maximum Gasteiger partial charge on any atom is 0.257 e. The number of nitrogens with zero attached hydrogens (tertiary/aromatic N) is 1. The number of carbonyl (C=O) groups excluding carboxylic acids is 1. The standard InChI is InChI=1S/C27H27FN2OS/c1-17-2-6-21(7-3-17)26-11-18-10-19(12-26)14-27(13-18,16-26)23-15-32-25(29-23)30-24(31)20-4-8-22(28)9-5-20/h2-9,15,18-19H,10-14,16H2,1H3,(H,29,30,31)/t18-,19-,26?,27?/m1/s1. The summed E-state index contributed by atoms with van der Waals surface area (Å²) in [5.74, 6) is 0.933. The first kappa shape index (κ1) is 20.1. The van der Waals surface area contributed by atoms with Crippen LogP contribution in [0.5, 0.6) is 0 Å². The predicted molar refractivity (Wildman–Crippen MR) is 126 cm³/mol. The Balaban J connectivity index is 1.28. The van der Waals surface area contributed by atoms with E-state index in [0.29, 0.717) is 10.7 Å². The molecule has 4 aliphatic carbocycles. The van der Waals surface area contributed by atoms with E-state index in [1.165, 1.54) is 78.8 Å². The summed E-state index contributed by atoms with van der Waals surface area (Å²) in [6.07, 6.45) is 7.54. The monoisotopic (exact) mass is 446 g/mol. The lowest BCUT2D eigenvalue weighted by molar-refractivity contribution is -0.0296. The molecular weight excluding hydrogens is 419 g/mol. The van der Waals surface area contributed by atoms with Crippen LogP contribution in [0.2, 0.25) is 0 Å². The SMILES string of the molecule is Cc1ccc(C23C[C@H]4C[C@H](C2)CC(c2csc(NC(=O)c5ccc(F)cc5)n2)(C4)C3)cc1. The molecule has 4 aliphatic rings. The van der Waals surface area contributed by atoms with Gasteiger partial charge in [0, 0.05) is 16.4 Å². The van der Waals surface area contributed by atoms with Crippen LogP contribution in [0.4, 0.5) is 9.52 Å². The summed E-state index contributed by atoms with van der Waals surface area (Å²) in [7, 11) is 0. The maximum atomic E-state index is 13.2. The third kappa shape index (κ3) is 3.29. The van der Waals surface area contributed by atoms with Gasteiger partial charge in [0.2, 0.25) is 0 Å². The van der Waals surface area contributed by atoms with Gasteiger partial charge >= 0.3 is 0 Å². The Kier molecular flexibility index (Phi) is 4.55. The highest BCUT2D eigenvalue weighted by Gasteiger charge is 2.59. The lowest BCUT2D eigenvalue weighted by Crippen LogP contribution is -2.56. The third-order valence-corrected chi connectivity index (χ3v) is 8.86. The fourth-order valence-corrected chi connectivity index (χ4v) is 7.98. The van der Waals surface area contributed by atoms with E-state index in [9.17, 15) is 9.18 Å². The summed E-state index contributed by atoms with van der Waals surface area (Å²) >= 11 is 1.50. The van der Waals surface area contributed by atoms with E-state index in [4.69, 9.17) is 4.98 Å². The fourth-order valence-electron chi connectivity index (χ4n) is 7.15. The molecule has 4 fully saturated rings. The van der Waals surface area contributed by atoms with Gasteiger partial charge in [-0.15, -0.1) is 11.3 Å². The lowest BCUT2D eigenvalue weighted by atomic mass is 9.42. The molecule has 7 rings (SSSR count). The van der Waals surface area contributed by atoms with Crippen LogP contribution in [-0.4, -0.2) is 10.9 Å². The van der Waals surface area contributed by atoms with Crippen molar-refractivity contribution in [2.24, 2.45) is 11.8 Å². The second-order valence-electron chi connectivity index (χ2n) is 10.4. The highest BCUT2D eigenvalue weighted by Crippen LogP contribution is 2.66. The number of thiazole rings is 1. The molecule has 0 unspecified atom stereocenters. The first-order chi connectivity index (χ1) is 15.4. The van der Waals surface area contributed by atoms with Crippen molar-refractivity contribution in [2.75, 3.05) is 5.32 Å². The summed E-state index contributed by atoms with van der Waals surface area (Å²) < 4.78 is 13.2. The first-order valence-electron chi connectivity index (χ1n) is 11.5. The van der Waals surface area contributed by atoms with Crippen molar-refractivity contribution in [2.45, 2.75) is 56.3 Å². The van der Waals surface area contributed by atoms with E-state index in [1.807, 2.05) is 0 Å². The van der Waals surface area contributed by atoms with Crippen LogP contribution < -0.4 is 5.32 Å². The van der Waals surface area contributed by atoms with Gasteiger partial charge in [0.1, 0.15) is 5.82 Å². The van der Waals surface area contributed by atoms with Crippen LogP contribution >= 0.6 is 11.3 Å². The summed E-state index contributed by atoms with van der Waals surface area (Å²) in [5.41, 5.74) is 4.79. The van der Waals surface area contributed by atoms with Crippen LogP contribution in [-0.2, 0) is 10.8 Å². The smallest absolute Gasteiger partial charge is 0.257 e. The number of amides is 1. The van der Waals surface area contributed by atoms with Gasteiger partial charge in [-0.3, -0.25) is 10.1 Å². The third-order valence-electron chi connectivity index (χ3n) is 8.10. The molecule has 0 spiro atoms. The number of benzene rings is 2. The normalized spacial score (nSPS) is 30.4. The number of hydrogen-bond acceptors (Lipinski definition) is 3. The van der Waals surface area contributed by atoms with E-state index in [2.05, 4.69) is 41.9 Å². The molecule has 3 aromatic rings. The molecule has 32 heavy (non-hydrogen) atoms. The number of hydrogen-bond donors (Lipinski definition) is 1. The minimum Gasteiger partial charge on any atom is -0.298 e. The number of nitrogens with one attached hydrogen (secondary N) is 1. The molecule has 164 valence electrons. The molecule has 1 amide bonds. The zero-order chi connectivity index (χ0) is 21.9. The van der Waals surface area contributed by atoms with Gasteiger partial charge in [0.15, 0.2) is 5.13 Å². The first-order valence-corrected chi connectivity index (χ1v) is 12.4. The molecule has 1 N–H and O–H groups in total. The van der Waals surface area contributed by atoms with Crippen LogP contribution in [0.1, 0.15) is 65.7 Å². The maximum absolute atomic E-state index is 13.2. The molecule has 4 bridgehead atoms. The molecule has 0 saturated heterocycles. The van der Waals surface area contributed by atoms with Crippen LogP contribution in [0.3, 0.4) is 0 Å². The van der Waals surface area contributed by atoms with Gasteiger partial charge in [-0.05, 0) is 92.5 Å². The number of anilines is 1. The molecular formula is C27H27FN2OS. The van der Waals surface area contributed by atoms with Crippen LogP contribution in [0.25, 0.3) is 0 Å². The highest BCUT2D eigenvalue weighted by molar-refractivity contribution is 7.14. The van der Waals surface area contributed by atoms with Crippen molar-refractivity contribution in [3.8, 4) is 0 Å². The number of carbonyl (C=O) groups is 1. The van der Waals surface area contributed by atoms with Gasteiger partial charge in [-0.2, -0.15) is 0 Å². The highest BCUT2D eigenvalue weighted by atomic mass is 32.1. The van der Waals surface area contributed by atoms with Gasteiger partial charge in [-0.1, -0.05) is 29.8 Å². The van der Waals surface area contributed by atoms with Crippen molar-refractivity contribution < 1.29 is 9.18 Å². The van der Waals surface area contributed by atoms with Gasteiger partial charge < -0.3 is 0 Å². The Bertz CT molecular complexity index is 1150. The second kappa shape index (κ2) is 7.24. The Morgan fingerprint density at radius 1 is 1.00 bits per heavy atom. The zero-order valence-electron chi connectivity index (χ0n) is 18.2. The molecule has 0 radical (unpaired) electrons. The molecule has 2 atom stereocenters. The van der Waals surface area contributed by atoms with Crippen LogP contribution in [0, 0.1) is 24.6 Å². The fraction of sp³-hybridized carbons (Fsp3) is 0.407. The largest absolute Gasteiger partial charge is 0.298 e. The molecule has 1 aromatic heterocycles. The van der Waals surface area contributed by atoms with E-state index in [-0.39, 0.29) is 22.6 Å². The molecule has 1 heterocycles. The molecule has 0 aliphatic heterocycles. The minimum absolute atomic E-state index is 0.115. The quantitative estimate of drug-likeness (QED) is 0.489. The molecule has 5 heteroatoms. The summed E-state index contributed by atoms with van der Waals surface area (Å²) in [6, 6.07) is 14.8.